The summed E-state index contributed by atoms with van der Waals surface area (Å²) in [4.78, 5) is 31.3. The van der Waals surface area contributed by atoms with Gasteiger partial charge in [0.15, 0.2) is 0 Å². The summed E-state index contributed by atoms with van der Waals surface area (Å²) in [6, 6.07) is 7.69. The number of thiophene rings is 1. The molecule has 0 aliphatic carbocycles. The molecule has 34 heavy (non-hydrogen) atoms. The first-order valence-corrected chi connectivity index (χ1v) is 12.9. The quantitative estimate of drug-likeness (QED) is 0.524. The minimum Gasteiger partial charge on any atom is -0.491 e. The van der Waals surface area contributed by atoms with Gasteiger partial charge in [-0.1, -0.05) is 13.8 Å². The van der Waals surface area contributed by atoms with Crippen molar-refractivity contribution in [2.75, 3.05) is 32.8 Å². The van der Waals surface area contributed by atoms with E-state index in [1.165, 1.54) is 17.0 Å². The third-order valence-electron chi connectivity index (χ3n) is 6.35. The van der Waals surface area contributed by atoms with E-state index in [4.69, 9.17) is 9.47 Å². The molecule has 1 aromatic carbocycles. The Balaban J connectivity index is 1.48. The van der Waals surface area contributed by atoms with Crippen LogP contribution in [0.15, 0.2) is 35.7 Å². The molecule has 1 aromatic heterocycles. The van der Waals surface area contributed by atoms with Crippen LogP contribution in [-0.4, -0.2) is 60.6 Å². The Morgan fingerprint density at radius 1 is 1.26 bits per heavy atom. The molecule has 3 heterocycles. The van der Waals surface area contributed by atoms with Crippen LogP contribution >= 0.6 is 11.3 Å². The maximum atomic E-state index is 13.6. The number of carbonyl (C=O) groups is 2. The number of hydrogen-bond acceptors (Lipinski definition) is 5. The third kappa shape index (κ3) is 6.16. The van der Waals surface area contributed by atoms with Gasteiger partial charge >= 0.3 is 0 Å². The zero-order valence-corrected chi connectivity index (χ0v) is 20.7. The van der Waals surface area contributed by atoms with Crippen molar-refractivity contribution >= 4 is 23.2 Å². The molecule has 6 nitrogen and oxygen atoms in total. The van der Waals surface area contributed by atoms with E-state index in [2.05, 4.69) is 0 Å². The average molecular weight is 489 g/mol. The van der Waals surface area contributed by atoms with E-state index in [1.807, 2.05) is 30.2 Å². The third-order valence-corrected chi connectivity index (χ3v) is 7.34. The van der Waals surface area contributed by atoms with Gasteiger partial charge in [0.05, 0.1) is 18.7 Å². The highest BCUT2D eigenvalue weighted by molar-refractivity contribution is 7.10. The van der Waals surface area contributed by atoms with Gasteiger partial charge in [0.2, 0.25) is 11.8 Å². The highest BCUT2D eigenvalue weighted by Crippen LogP contribution is 2.34. The van der Waals surface area contributed by atoms with Crippen LogP contribution in [0.5, 0.6) is 5.75 Å². The molecule has 1 fully saturated rings. The Morgan fingerprint density at radius 2 is 2.06 bits per heavy atom. The molecule has 2 aliphatic heterocycles. The molecule has 1 saturated heterocycles. The van der Waals surface area contributed by atoms with Gasteiger partial charge in [-0.2, -0.15) is 0 Å². The lowest BCUT2D eigenvalue weighted by atomic mass is 10.00. The van der Waals surface area contributed by atoms with Gasteiger partial charge in [0.25, 0.3) is 0 Å². The molecule has 8 heteroatoms. The van der Waals surface area contributed by atoms with Crippen molar-refractivity contribution in [1.29, 1.82) is 0 Å². The number of benzene rings is 1. The molecule has 4 rings (SSSR count). The summed E-state index contributed by atoms with van der Waals surface area (Å²) in [6.07, 6.45) is 3.09. The molecular formula is C26H33FN2O4S. The number of ether oxygens (including phenoxy) is 2. The van der Waals surface area contributed by atoms with Crippen LogP contribution in [0, 0.1) is 11.7 Å². The molecule has 2 atom stereocenters. The number of carbonyl (C=O) groups excluding carboxylic acids is 2. The van der Waals surface area contributed by atoms with Crippen molar-refractivity contribution in [3.63, 3.8) is 0 Å². The second-order valence-electron chi connectivity index (χ2n) is 9.42. The number of halogens is 1. The molecule has 2 aromatic rings. The highest BCUT2D eigenvalue weighted by atomic mass is 32.1. The van der Waals surface area contributed by atoms with Gasteiger partial charge < -0.3 is 19.3 Å². The Morgan fingerprint density at radius 3 is 2.76 bits per heavy atom. The lowest BCUT2D eigenvalue weighted by Gasteiger charge is -2.37. The molecule has 0 unspecified atom stereocenters. The molecule has 0 radical (unpaired) electrons. The summed E-state index contributed by atoms with van der Waals surface area (Å²) in [7, 11) is 0. The molecular weight excluding hydrogens is 455 g/mol. The second-order valence-corrected chi connectivity index (χ2v) is 10.4. The maximum Gasteiger partial charge on any atom is 0.242 e. The summed E-state index contributed by atoms with van der Waals surface area (Å²) >= 11 is 1.69. The molecule has 0 N–H and O–H groups in total. The van der Waals surface area contributed by atoms with Gasteiger partial charge in [-0.25, -0.2) is 4.39 Å². The first-order valence-electron chi connectivity index (χ1n) is 12.0. The predicted molar refractivity (Wildman–Crippen MR) is 129 cm³/mol. The SMILES string of the molecule is CC(C)CC(=O)N(CC(=O)N1CCc2sccc2[C@@H]1COc1ccc(F)cc1)C[C@H]1CCCO1. The fraction of sp³-hybridized carbons (Fsp3) is 0.538. The number of fused-ring (bicyclic) bond motifs is 1. The van der Waals surface area contributed by atoms with Crippen molar-refractivity contribution in [3.8, 4) is 5.75 Å². The molecule has 0 saturated carbocycles. The van der Waals surface area contributed by atoms with Crippen LogP contribution in [0.25, 0.3) is 0 Å². The van der Waals surface area contributed by atoms with Gasteiger partial charge in [0, 0.05) is 31.0 Å². The minimum absolute atomic E-state index is 0.00801. The average Bonchev–Trinajstić information content (AvgIpc) is 3.49. The molecule has 184 valence electrons. The number of hydrogen-bond donors (Lipinski definition) is 0. The van der Waals surface area contributed by atoms with E-state index < -0.39 is 0 Å². The summed E-state index contributed by atoms with van der Waals surface area (Å²) in [5, 5.41) is 2.04. The van der Waals surface area contributed by atoms with Crippen LogP contribution in [0.1, 0.15) is 49.6 Å². The van der Waals surface area contributed by atoms with Crippen LogP contribution < -0.4 is 4.74 Å². The Bertz CT molecular complexity index is 971. The topological polar surface area (TPSA) is 59.1 Å². The van der Waals surface area contributed by atoms with Crippen molar-refractivity contribution in [3.05, 3.63) is 52.0 Å². The summed E-state index contributed by atoms with van der Waals surface area (Å²) in [5.41, 5.74) is 1.09. The second kappa shape index (κ2) is 11.3. The normalized spacial score (nSPS) is 19.8. The largest absolute Gasteiger partial charge is 0.491 e. The first-order chi connectivity index (χ1) is 16.4. The van der Waals surface area contributed by atoms with Crippen LogP contribution in [-0.2, 0) is 20.7 Å². The van der Waals surface area contributed by atoms with Crippen molar-refractivity contribution in [2.24, 2.45) is 5.92 Å². The van der Waals surface area contributed by atoms with E-state index in [1.54, 1.807) is 28.4 Å². The predicted octanol–water partition coefficient (Wildman–Crippen LogP) is 4.45. The van der Waals surface area contributed by atoms with Crippen molar-refractivity contribution < 1.29 is 23.5 Å². The number of nitrogens with zero attached hydrogens (tertiary/aromatic N) is 2. The number of amides is 2. The highest BCUT2D eigenvalue weighted by Gasteiger charge is 2.34. The van der Waals surface area contributed by atoms with E-state index in [9.17, 15) is 14.0 Å². The monoisotopic (exact) mass is 488 g/mol. The van der Waals surface area contributed by atoms with E-state index >= 15 is 0 Å². The minimum atomic E-state index is -0.320. The van der Waals surface area contributed by atoms with Crippen LogP contribution in [0.4, 0.5) is 4.39 Å². The first kappa shape index (κ1) is 24.7. The Kier molecular flexibility index (Phi) is 8.21. The number of rotatable bonds is 9. The summed E-state index contributed by atoms with van der Waals surface area (Å²) < 4.78 is 25.0. The lowest BCUT2D eigenvalue weighted by molar-refractivity contribution is -0.144. The van der Waals surface area contributed by atoms with Crippen LogP contribution in [0.3, 0.4) is 0 Å². The lowest BCUT2D eigenvalue weighted by Crippen LogP contribution is -2.49. The van der Waals surface area contributed by atoms with E-state index in [0.717, 1.165) is 24.8 Å². The van der Waals surface area contributed by atoms with Gasteiger partial charge in [0.1, 0.15) is 18.2 Å². The fourth-order valence-corrected chi connectivity index (χ4v) is 5.53. The zero-order valence-electron chi connectivity index (χ0n) is 19.9. The Hall–Kier alpha value is -2.45. The summed E-state index contributed by atoms with van der Waals surface area (Å²) in [6.45, 7) is 6.07. The molecule has 2 amide bonds. The van der Waals surface area contributed by atoms with Gasteiger partial charge in [-0.05, 0) is 66.5 Å². The maximum absolute atomic E-state index is 13.6. The molecule has 0 bridgehead atoms. The van der Waals surface area contributed by atoms with E-state index in [0.29, 0.717) is 31.9 Å². The Labute approximate surface area is 204 Å². The van der Waals surface area contributed by atoms with Gasteiger partial charge in [-0.3, -0.25) is 9.59 Å². The zero-order chi connectivity index (χ0) is 24.1. The fourth-order valence-electron chi connectivity index (χ4n) is 4.60. The summed E-state index contributed by atoms with van der Waals surface area (Å²) in [5.74, 6) is 0.364. The van der Waals surface area contributed by atoms with Crippen molar-refractivity contribution in [1.82, 2.24) is 9.80 Å². The van der Waals surface area contributed by atoms with Gasteiger partial charge in [-0.15, -0.1) is 11.3 Å². The van der Waals surface area contributed by atoms with E-state index in [-0.39, 0.29) is 48.8 Å². The molecule has 2 aliphatic rings. The molecule has 0 spiro atoms. The standard InChI is InChI=1S/C26H33FN2O4S/c1-18(2)14-25(30)28(15-21-4-3-12-32-21)16-26(31)29-11-9-24-22(10-13-34-24)23(29)17-33-20-7-5-19(27)6-8-20/h5-8,10,13,18,21,23H,3-4,9,11-12,14-17H2,1-2H3/t21-,23+/m1/s1. The smallest absolute Gasteiger partial charge is 0.242 e. The van der Waals surface area contributed by atoms with Crippen LogP contribution in [0.2, 0.25) is 0 Å². The van der Waals surface area contributed by atoms with Crippen molar-refractivity contribution in [2.45, 2.75) is 51.7 Å².